The minimum Gasteiger partial charge on any atom is -0.480 e. The van der Waals surface area contributed by atoms with Crippen LogP contribution >= 0.6 is 0 Å². The maximum absolute atomic E-state index is 12.1. The first-order chi connectivity index (χ1) is 11.1. The second kappa shape index (κ2) is 6.14. The maximum Gasteiger partial charge on any atom is 0.405 e. The Morgan fingerprint density at radius 3 is 2.21 bits per heavy atom. The molecule has 1 saturated carbocycles. The second-order valence-corrected chi connectivity index (χ2v) is 5.71. The van der Waals surface area contributed by atoms with Crippen LogP contribution in [0.2, 0.25) is 0 Å². The molecule has 0 bridgehead atoms. The number of halogens is 3. The predicted octanol–water partition coefficient (Wildman–Crippen LogP) is 2.03. The Labute approximate surface area is 135 Å². The van der Waals surface area contributed by atoms with Crippen LogP contribution in [0.25, 0.3) is 0 Å². The summed E-state index contributed by atoms with van der Waals surface area (Å²) in [5.41, 5.74) is -1.19. The Bertz CT molecular complexity index is 672. The molecule has 0 aromatic heterocycles. The number of hydrogen-bond donors (Lipinski definition) is 3. The van der Waals surface area contributed by atoms with Crippen LogP contribution in [-0.2, 0) is 9.59 Å². The van der Waals surface area contributed by atoms with Gasteiger partial charge in [0.15, 0.2) is 0 Å². The van der Waals surface area contributed by atoms with E-state index in [4.69, 9.17) is 5.11 Å². The quantitative estimate of drug-likeness (QED) is 0.712. The number of carboxylic acid groups (broad SMARTS) is 1. The zero-order valence-corrected chi connectivity index (χ0v) is 12.6. The van der Waals surface area contributed by atoms with Crippen LogP contribution in [0.15, 0.2) is 24.3 Å². The van der Waals surface area contributed by atoms with Gasteiger partial charge in [-0.25, -0.2) is 0 Å². The van der Waals surface area contributed by atoms with Crippen LogP contribution in [-0.4, -0.2) is 35.6 Å². The highest BCUT2D eigenvalue weighted by Crippen LogP contribution is 2.53. The van der Waals surface area contributed by atoms with Gasteiger partial charge in [0.25, 0.3) is 5.91 Å². The van der Waals surface area contributed by atoms with Crippen LogP contribution in [0.3, 0.4) is 0 Å². The third kappa shape index (κ3) is 3.66. The molecule has 130 valence electrons. The largest absolute Gasteiger partial charge is 0.480 e. The number of hydrogen-bond acceptors (Lipinski definition) is 3. The molecule has 0 saturated heterocycles. The standard InChI is InChI=1S/C15H15F3N2O4/c1-8-6-14(8,13(23)24)12(22)20-10-4-2-9(3-5-10)11(21)19-7-15(16,17)18/h2-5,8H,6-7H2,1H3,(H,19,21)(H,20,22)(H,23,24)/t8-,14+/m1/s1. The molecule has 1 aliphatic rings. The van der Waals surface area contributed by atoms with Gasteiger partial charge in [-0.2, -0.15) is 13.2 Å². The van der Waals surface area contributed by atoms with Gasteiger partial charge in [-0.3, -0.25) is 14.4 Å². The number of alkyl halides is 3. The van der Waals surface area contributed by atoms with E-state index >= 15 is 0 Å². The van der Waals surface area contributed by atoms with Crippen molar-refractivity contribution in [1.29, 1.82) is 0 Å². The summed E-state index contributed by atoms with van der Waals surface area (Å²) in [6.07, 6.45) is -4.26. The van der Waals surface area contributed by atoms with E-state index in [1.807, 2.05) is 0 Å². The summed E-state index contributed by atoms with van der Waals surface area (Å²) in [6, 6.07) is 5.13. The number of carbonyl (C=O) groups excluding carboxylic acids is 2. The predicted molar refractivity (Wildman–Crippen MR) is 77.3 cm³/mol. The third-order valence-corrected chi connectivity index (χ3v) is 3.95. The van der Waals surface area contributed by atoms with Crippen LogP contribution < -0.4 is 10.6 Å². The van der Waals surface area contributed by atoms with E-state index in [1.165, 1.54) is 24.3 Å². The fraction of sp³-hybridized carbons (Fsp3) is 0.400. The molecule has 0 heterocycles. The third-order valence-electron chi connectivity index (χ3n) is 3.95. The lowest BCUT2D eigenvalue weighted by Crippen LogP contribution is -2.34. The molecule has 24 heavy (non-hydrogen) atoms. The van der Waals surface area contributed by atoms with Crippen molar-refractivity contribution in [2.24, 2.45) is 11.3 Å². The van der Waals surface area contributed by atoms with Gasteiger partial charge in [0.05, 0.1) is 0 Å². The van der Waals surface area contributed by atoms with E-state index in [0.29, 0.717) is 0 Å². The number of aliphatic carboxylic acids is 1. The number of benzene rings is 1. The summed E-state index contributed by atoms with van der Waals surface area (Å²) in [5, 5.41) is 13.3. The van der Waals surface area contributed by atoms with Crippen molar-refractivity contribution in [2.75, 3.05) is 11.9 Å². The van der Waals surface area contributed by atoms with Crippen LogP contribution in [0.5, 0.6) is 0 Å². The summed E-state index contributed by atoms with van der Waals surface area (Å²) in [6.45, 7) is 0.213. The summed E-state index contributed by atoms with van der Waals surface area (Å²) in [5.74, 6) is -3.03. The van der Waals surface area contributed by atoms with Crippen LogP contribution in [0, 0.1) is 11.3 Å². The molecule has 1 aromatic rings. The fourth-order valence-corrected chi connectivity index (χ4v) is 2.37. The van der Waals surface area contributed by atoms with Gasteiger partial charge in [-0.1, -0.05) is 6.92 Å². The van der Waals surface area contributed by atoms with Crippen molar-refractivity contribution in [1.82, 2.24) is 5.32 Å². The molecule has 6 nitrogen and oxygen atoms in total. The molecule has 0 radical (unpaired) electrons. The first-order valence-corrected chi connectivity index (χ1v) is 7.06. The van der Waals surface area contributed by atoms with E-state index in [2.05, 4.69) is 5.32 Å². The van der Waals surface area contributed by atoms with Gasteiger partial charge >= 0.3 is 12.1 Å². The molecule has 9 heteroatoms. The first kappa shape index (κ1) is 17.8. The zero-order chi connectivity index (χ0) is 18.1. The molecule has 0 spiro atoms. The smallest absolute Gasteiger partial charge is 0.405 e. The summed E-state index contributed by atoms with van der Waals surface area (Å²) >= 11 is 0. The lowest BCUT2D eigenvalue weighted by molar-refractivity contribution is -0.148. The molecular formula is C15H15F3N2O4. The number of carboxylic acids is 1. The summed E-state index contributed by atoms with van der Waals surface area (Å²) in [7, 11) is 0. The summed E-state index contributed by atoms with van der Waals surface area (Å²) < 4.78 is 36.1. The monoisotopic (exact) mass is 344 g/mol. The molecular weight excluding hydrogens is 329 g/mol. The molecule has 2 atom stereocenters. The minimum atomic E-state index is -4.50. The van der Waals surface area contributed by atoms with E-state index in [9.17, 15) is 27.6 Å². The second-order valence-electron chi connectivity index (χ2n) is 5.71. The highest BCUT2D eigenvalue weighted by Gasteiger charge is 2.63. The first-order valence-electron chi connectivity index (χ1n) is 7.06. The van der Waals surface area contributed by atoms with E-state index in [1.54, 1.807) is 12.2 Å². The Morgan fingerprint density at radius 1 is 1.25 bits per heavy atom. The Hall–Kier alpha value is -2.58. The summed E-state index contributed by atoms with van der Waals surface area (Å²) in [4.78, 5) is 34.9. The van der Waals surface area contributed by atoms with Gasteiger partial charge in [-0.15, -0.1) is 0 Å². The zero-order valence-electron chi connectivity index (χ0n) is 12.6. The molecule has 1 aliphatic carbocycles. The highest BCUT2D eigenvalue weighted by molar-refractivity contribution is 6.11. The molecule has 0 aliphatic heterocycles. The number of rotatable bonds is 5. The highest BCUT2D eigenvalue weighted by atomic mass is 19.4. The molecule has 2 rings (SSSR count). The van der Waals surface area contributed by atoms with Crippen molar-refractivity contribution in [2.45, 2.75) is 19.5 Å². The van der Waals surface area contributed by atoms with Crippen molar-refractivity contribution in [3.8, 4) is 0 Å². The molecule has 0 unspecified atom stereocenters. The van der Waals surface area contributed by atoms with Crippen molar-refractivity contribution in [3.05, 3.63) is 29.8 Å². The van der Waals surface area contributed by atoms with E-state index in [-0.39, 0.29) is 23.6 Å². The topological polar surface area (TPSA) is 95.5 Å². The van der Waals surface area contributed by atoms with E-state index < -0.39 is 35.9 Å². The van der Waals surface area contributed by atoms with Crippen LogP contribution in [0.1, 0.15) is 23.7 Å². The van der Waals surface area contributed by atoms with E-state index in [0.717, 1.165) is 0 Å². The minimum absolute atomic E-state index is 0.00927. The normalized spacial score (nSPS) is 22.6. The fourth-order valence-electron chi connectivity index (χ4n) is 2.37. The number of carbonyl (C=O) groups is 3. The number of amides is 2. The Morgan fingerprint density at radius 2 is 1.79 bits per heavy atom. The number of anilines is 1. The Kier molecular flexibility index (Phi) is 4.54. The van der Waals surface area contributed by atoms with Gasteiger partial charge in [0.2, 0.25) is 5.91 Å². The van der Waals surface area contributed by atoms with Crippen molar-refractivity contribution >= 4 is 23.5 Å². The van der Waals surface area contributed by atoms with Gasteiger partial charge in [-0.05, 0) is 36.6 Å². The van der Waals surface area contributed by atoms with Gasteiger partial charge < -0.3 is 15.7 Å². The van der Waals surface area contributed by atoms with Gasteiger partial charge in [0.1, 0.15) is 12.0 Å². The average Bonchev–Trinajstić information content (AvgIpc) is 3.18. The average molecular weight is 344 g/mol. The SMILES string of the molecule is C[C@@H]1C[C@@]1(C(=O)O)C(=O)Nc1ccc(C(=O)NCC(F)(F)F)cc1. The number of nitrogens with one attached hydrogen (secondary N) is 2. The lowest BCUT2D eigenvalue weighted by Gasteiger charge is -2.12. The lowest BCUT2D eigenvalue weighted by atomic mass is 10.0. The maximum atomic E-state index is 12.1. The van der Waals surface area contributed by atoms with Crippen LogP contribution in [0.4, 0.5) is 18.9 Å². The van der Waals surface area contributed by atoms with Gasteiger partial charge in [0, 0.05) is 11.3 Å². The van der Waals surface area contributed by atoms with Crippen molar-refractivity contribution < 1.29 is 32.7 Å². The Balaban J connectivity index is 1.99. The molecule has 2 amide bonds. The molecule has 1 aromatic carbocycles. The molecule has 1 fully saturated rings. The van der Waals surface area contributed by atoms with Crippen molar-refractivity contribution in [3.63, 3.8) is 0 Å². The molecule has 3 N–H and O–H groups in total.